The van der Waals surface area contributed by atoms with Gasteiger partial charge in [0.25, 0.3) is 5.91 Å². The van der Waals surface area contributed by atoms with Crippen molar-refractivity contribution in [1.29, 1.82) is 0 Å². The number of aromatic nitrogens is 2. The molecule has 0 saturated carbocycles. The standard InChI is InChI=1S/C13H22ClN3O/c1-5-11(6-2)17(8-7-14)13(18)12-9-15-16(4)10(12)3/h9,11H,5-8H2,1-4H3. The second-order valence-electron chi connectivity index (χ2n) is 4.43. The second kappa shape index (κ2) is 6.78. The van der Waals surface area contributed by atoms with Gasteiger partial charge in [0.15, 0.2) is 0 Å². The van der Waals surface area contributed by atoms with E-state index in [1.165, 1.54) is 0 Å². The van der Waals surface area contributed by atoms with E-state index >= 15 is 0 Å². The Morgan fingerprint density at radius 1 is 1.50 bits per heavy atom. The van der Waals surface area contributed by atoms with E-state index < -0.39 is 0 Å². The molecule has 0 aliphatic rings. The molecule has 0 aliphatic heterocycles. The third-order valence-electron chi connectivity index (χ3n) is 3.44. The van der Waals surface area contributed by atoms with Crippen molar-refractivity contribution >= 4 is 17.5 Å². The quantitative estimate of drug-likeness (QED) is 0.746. The molecule has 1 aromatic heterocycles. The maximum absolute atomic E-state index is 12.5. The largest absolute Gasteiger partial charge is 0.334 e. The van der Waals surface area contributed by atoms with Crippen LogP contribution in [0, 0.1) is 6.92 Å². The third-order valence-corrected chi connectivity index (χ3v) is 3.60. The van der Waals surface area contributed by atoms with Gasteiger partial charge >= 0.3 is 0 Å². The monoisotopic (exact) mass is 271 g/mol. The van der Waals surface area contributed by atoms with Crippen molar-refractivity contribution in [3.05, 3.63) is 17.5 Å². The van der Waals surface area contributed by atoms with Crippen LogP contribution in [0.3, 0.4) is 0 Å². The number of nitrogens with zero attached hydrogens (tertiary/aromatic N) is 3. The summed E-state index contributed by atoms with van der Waals surface area (Å²) in [7, 11) is 1.84. The normalized spacial score (nSPS) is 11.0. The summed E-state index contributed by atoms with van der Waals surface area (Å²) in [5.41, 5.74) is 1.57. The highest BCUT2D eigenvalue weighted by Gasteiger charge is 2.24. The van der Waals surface area contributed by atoms with Gasteiger partial charge in [-0.2, -0.15) is 5.10 Å². The molecule has 0 atom stereocenters. The average molecular weight is 272 g/mol. The van der Waals surface area contributed by atoms with Crippen molar-refractivity contribution in [3.63, 3.8) is 0 Å². The van der Waals surface area contributed by atoms with Gasteiger partial charge in [0, 0.05) is 31.2 Å². The first-order valence-electron chi connectivity index (χ1n) is 6.42. The molecule has 0 unspecified atom stereocenters. The molecule has 1 aromatic rings. The Bertz CT molecular complexity index is 399. The molecule has 0 radical (unpaired) electrons. The molecule has 102 valence electrons. The molecule has 0 fully saturated rings. The van der Waals surface area contributed by atoms with Gasteiger partial charge in [0.05, 0.1) is 11.8 Å². The van der Waals surface area contributed by atoms with Crippen LogP contribution in [0.2, 0.25) is 0 Å². The van der Waals surface area contributed by atoms with Crippen LogP contribution in [-0.4, -0.2) is 39.1 Å². The molecular formula is C13H22ClN3O. The summed E-state index contributed by atoms with van der Waals surface area (Å²) in [6.07, 6.45) is 3.53. The van der Waals surface area contributed by atoms with Crippen LogP contribution >= 0.6 is 11.6 Å². The molecule has 4 nitrogen and oxygen atoms in total. The van der Waals surface area contributed by atoms with E-state index in [4.69, 9.17) is 11.6 Å². The van der Waals surface area contributed by atoms with E-state index in [2.05, 4.69) is 18.9 Å². The number of carbonyl (C=O) groups is 1. The van der Waals surface area contributed by atoms with Crippen LogP contribution in [0.4, 0.5) is 0 Å². The SMILES string of the molecule is CCC(CC)N(CCCl)C(=O)c1cnn(C)c1C. The summed E-state index contributed by atoms with van der Waals surface area (Å²) >= 11 is 5.82. The lowest BCUT2D eigenvalue weighted by Gasteiger charge is -2.29. The number of alkyl halides is 1. The first kappa shape index (κ1) is 15.0. The lowest BCUT2D eigenvalue weighted by Crippen LogP contribution is -2.41. The first-order valence-corrected chi connectivity index (χ1v) is 6.95. The van der Waals surface area contributed by atoms with Crippen molar-refractivity contribution in [2.24, 2.45) is 7.05 Å². The van der Waals surface area contributed by atoms with Crippen LogP contribution in [-0.2, 0) is 7.05 Å². The molecule has 0 spiro atoms. The Labute approximate surface area is 114 Å². The summed E-state index contributed by atoms with van der Waals surface area (Å²) in [6, 6.07) is 0.246. The van der Waals surface area contributed by atoms with E-state index in [1.807, 2.05) is 18.9 Å². The molecule has 1 amide bonds. The van der Waals surface area contributed by atoms with Crippen molar-refractivity contribution in [1.82, 2.24) is 14.7 Å². The Balaban J connectivity index is 2.99. The predicted octanol–water partition coefficient (Wildman–Crippen LogP) is 2.60. The second-order valence-corrected chi connectivity index (χ2v) is 4.80. The topological polar surface area (TPSA) is 38.1 Å². The van der Waals surface area contributed by atoms with Crippen molar-refractivity contribution in [2.45, 2.75) is 39.7 Å². The maximum atomic E-state index is 12.5. The van der Waals surface area contributed by atoms with Crippen LogP contribution in [0.1, 0.15) is 42.7 Å². The van der Waals surface area contributed by atoms with Crippen molar-refractivity contribution in [3.8, 4) is 0 Å². The third kappa shape index (κ3) is 3.05. The summed E-state index contributed by atoms with van der Waals surface area (Å²) in [6.45, 7) is 6.69. The number of amides is 1. The van der Waals surface area contributed by atoms with Crippen molar-refractivity contribution < 1.29 is 4.79 Å². The van der Waals surface area contributed by atoms with Gasteiger partial charge in [-0.25, -0.2) is 0 Å². The first-order chi connectivity index (χ1) is 8.56. The van der Waals surface area contributed by atoms with Crippen LogP contribution in [0.25, 0.3) is 0 Å². The molecule has 1 heterocycles. The highest BCUT2D eigenvalue weighted by Crippen LogP contribution is 2.16. The molecule has 18 heavy (non-hydrogen) atoms. The molecule has 0 bridgehead atoms. The number of aryl methyl sites for hydroxylation is 1. The smallest absolute Gasteiger partial charge is 0.257 e. The molecule has 0 saturated heterocycles. The number of halogens is 1. The summed E-state index contributed by atoms with van der Waals surface area (Å²) < 4.78 is 1.72. The van der Waals surface area contributed by atoms with Crippen LogP contribution < -0.4 is 0 Å². The van der Waals surface area contributed by atoms with E-state index in [1.54, 1.807) is 10.9 Å². The van der Waals surface area contributed by atoms with E-state index in [9.17, 15) is 4.79 Å². The van der Waals surface area contributed by atoms with Gasteiger partial charge in [-0.3, -0.25) is 9.48 Å². The predicted molar refractivity (Wildman–Crippen MR) is 74.1 cm³/mol. The molecule has 0 aromatic carbocycles. The van der Waals surface area contributed by atoms with Gasteiger partial charge in [0.1, 0.15) is 0 Å². The summed E-state index contributed by atoms with van der Waals surface area (Å²) in [5.74, 6) is 0.497. The van der Waals surface area contributed by atoms with Crippen LogP contribution in [0.5, 0.6) is 0 Å². The lowest BCUT2D eigenvalue weighted by molar-refractivity contribution is 0.0681. The number of rotatable bonds is 6. The number of carbonyl (C=O) groups excluding carboxylic acids is 1. The number of hydrogen-bond donors (Lipinski definition) is 0. The highest BCUT2D eigenvalue weighted by molar-refractivity contribution is 6.18. The zero-order chi connectivity index (χ0) is 13.7. The summed E-state index contributed by atoms with van der Waals surface area (Å²) in [5, 5.41) is 4.13. The minimum Gasteiger partial charge on any atom is -0.334 e. The van der Waals surface area contributed by atoms with E-state index in [0.29, 0.717) is 18.0 Å². The van der Waals surface area contributed by atoms with Gasteiger partial charge in [-0.15, -0.1) is 11.6 Å². The van der Waals surface area contributed by atoms with Gasteiger partial charge in [0.2, 0.25) is 0 Å². The Hall–Kier alpha value is -1.03. The minimum atomic E-state index is 0.0370. The Morgan fingerprint density at radius 2 is 2.11 bits per heavy atom. The fourth-order valence-corrected chi connectivity index (χ4v) is 2.32. The number of hydrogen-bond acceptors (Lipinski definition) is 2. The van der Waals surface area contributed by atoms with Gasteiger partial charge in [-0.05, 0) is 19.8 Å². The molecule has 1 rings (SSSR count). The van der Waals surface area contributed by atoms with Gasteiger partial charge in [-0.1, -0.05) is 13.8 Å². The van der Waals surface area contributed by atoms with Crippen molar-refractivity contribution in [2.75, 3.05) is 12.4 Å². The highest BCUT2D eigenvalue weighted by atomic mass is 35.5. The van der Waals surface area contributed by atoms with Gasteiger partial charge < -0.3 is 4.90 Å². The minimum absolute atomic E-state index is 0.0370. The van der Waals surface area contributed by atoms with E-state index in [-0.39, 0.29) is 11.9 Å². The zero-order valence-corrected chi connectivity index (χ0v) is 12.4. The Morgan fingerprint density at radius 3 is 2.50 bits per heavy atom. The molecule has 0 aliphatic carbocycles. The molecule has 5 heteroatoms. The van der Waals surface area contributed by atoms with Crippen LogP contribution in [0.15, 0.2) is 6.20 Å². The Kier molecular flexibility index (Phi) is 5.66. The average Bonchev–Trinajstić information content (AvgIpc) is 2.69. The maximum Gasteiger partial charge on any atom is 0.257 e. The molecular weight excluding hydrogens is 250 g/mol. The fourth-order valence-electron chi connectivity index (χ4n) is 2.13. The fraction of sp³-hybridized carbons (Fsp3) is 0.692. The molecule has 0 N–H and O–H groups in total. The summed E-state index contributed by atoms with van der Waals surface area (Å²) in [4.78, 5) is 14.4. The lowest BCUT2D eigenvalue weighted by atomic mass is 10.1. The van der Waals surface area contributed by atoms with E-state index in [0.717, 1.165) is 18.5 Å². The zero-order valence-electron chi connectivity index (χ0n) is 11.6.